The van der Waals surface area contributed by atoms with Gasteiger partial charge in [0.1, 0.15) is 18.1 Å². The fraction of sp³-hybridized carbons (Fsp3) is 0.429. The van der Waals surface area contributed by atoms with Crippen LogP contribution in [0.4, 0.5) is 4.79 Å². The van der Waals surface area contributed by atoms with Gasteiger partial charge in [0.2, 0.25) is 0 Å². The van der Waals surface area contributed by atoms with E-state index in [1.165, 1.54) is 0 Å². The molecule has 7 nitrogen and oxygen atoms in total. The minimum Gasteiger partial charge on any atom is -0.480 e. The molecule has 1 aliphatic carbocycles. The summed E-state index contributed by atoms with van der Waals surface area (Å²) in [6, 6.07) is 15.0. The number of aliphatic carboxylic acids is 1. The van der Waals surface area contributed by atoms with E-state index in [0.29, 0.717) is 22.1 Å². The number of rotatable bonds is 10. The van der Waals surface area contributed by atoms with Crippen LogP contribution in [0.15, 0.2) is 61.2 Å². The van der Waals surface area contributed by atoms with E-state index in [1.807, 2.05) is 78.7 Å². The number of carbonyl (C=O) groups excluding carboxylic acids is 1. The van der Waals surface area contributed by atoms with E-state index >= 15 is 0 Å². The van der Waals surface area contributed by atoms with E-state index < -0.39 is 23.5 Å². The molecule has 1 aliphatic rings. The number of carboxylic acids is 1. The highest BCUT2D eigenvalue weighted by Crippen LogP contribution is 2.44. The summed E-state index contributed by atoms with van der Waals surface area (Å²) in [5, 5.41) is 12.9. The second-order valence-corrected chi connectivity index (χ2v) is 11.6. The molecule has 0 saturated carbocycles. The summed E-state index contributed by atoms with van der Waals surface area (Å²) in [4.78, 5) is 25.5. The molecular formula is C28H39N3O4+2. The molecular weight excluding hydrogens is 442 g/mol. The third-order valence-corrected chi connectivity index (χ3v) is 6.37. The molecule has 7 heteroatoms. The smallest absolute Gasteiger partial charge is 0.407 e. The van der Waals surface area contributed by atoms with Crippen LogP contribution in [0, 0.1) is 5.41 Å². The topological polar surface area (TPSA) is 75.6 Å². The molecule has 0 aromatic heterocycles. The average Bonchev–Trinajstić information content (AvgIpc) is 3.07. The lowest BCUT2D eigenvalue weighted by atomic mass is 9.78. The first kappa shape index (κ1) is 26.4. The van der Waals surface area contributed by atoms with Crippen LogP contribution in [0.3, 0.4) is 0 Å². The Morgan fingerprint density at radius 1 is 0.971 bits per heavy atom. The predicted molar refractivity (Wildman–Crippen MR) is 138 cm³/mol. The van der Waals surface area contributed by atoms with Crippen molar-refractivity contribution in [2.24, 2.45) is 5.41 Å². The van der Waals surface area contributed by atoms with Gasteiger partial charge in [-0.05, 0) is 22.3 Å². The molecule has 0 heterocycles. The highest BCUT2D eigenvalue weighted by Gasteiger charge is 2.50. The van der Waals surface area contributed by atoms with Gasteiger partial charge in [0, 0.05) is 5.92 Å². The normalized spacial score (nSPS) is 14.6. The zero-order valence-corrected chi connectivity index (χ0v) is 21.7. The summed E-state index contributed by atoms with van der Waals surface area (Å²) < 4.78 is 6.69. The lowest BCUT2D eigenvalue weighted by Crippen LogP contribution is -2.63. The number of carbonyl (C=O) groups is 2. The van der Waals surface area contributed by atoms with Crippen LogP contribution in [-0.2, 0) is 9.53 Å². The van der Waals surface area contributed by atoms with Crippen LogP contribution in [-0.4, -0.2) is 94.2 Å². The summed E-state index contributed by atoms with van der Waals surface area (Å²) in [6.45, 7) is 5.08. The van der Waals surface area contributed by atoms with Gasteiger partial charge < -0.3 is 24.1 Å². The van der Waals surface area contributed by atoms with Crippen LogP contribution >= 0.6 is 0 Å². The lowest BCUT2D eigenvalue weighted by molar-refractivity contribution is -0.901. The Kier molecular flexibility index (Phi) is 7.43. The van der Waals surface area contributed by atoms with Gasteiger partial charge in [-0.1, -0.05) is 54.6 Å². The van der Waals surface area contributed by atoms with Gasteiger partial charge in [0.25, 0.3) is 0 Å². The first-order chi connectivity index (χ1) is 16.3. The van der Waals surface area contributed by atoms with Crippen molar-refractivity contribution in [3.8, 4) is 11.1 Å². The number of quaternary nitrogens is 2. The number of carboxylic acid groups (broad SMARTS) is 1. The zero-order valence-electron chi connectivity index (χ0n) is 21.7. The summed E-state index contributed by atoms with van der Waals surface area (Å²) in [7, 11) is 12.0. The van der Waals surface area contributed by atoms with Gasteiger partial charge in [-0.15, -0.1) is 6.58 Å². The quantitative estimate of drug-likeness (QED) is 0.402. The van der Waals surface area contributed by atoms with Gasteiger partial charge in [0.05, 0.1) is 55.4 Å². The number of benzene rings is 2. The van der Waals surface area contributed by atoms with Crippen LogP contribution < -0.4 is 5.32 Å². The van der Waals surface area contributed by atoms with Crippen molar-refractivity contribution < 1.29 is 28.4 Å². The Bertz CT molecular complexity index is 1040. The van der Waals surface area contributed by atoms with Crippen molar-refractivity contribution in [3.63, 3.8) is 0 Å². The highest BCUT2D eigenvalue weighted by molar-refractivity contribution is 5.82. The number of alkyl carbamates (subject to hydrolysis) is 1. The number of ether oxygens (including phenoxy) is 1. The van der Waals surface area contributed by atoms with Crippen LogP contribution in [0.25, 0.3) is 11.1 Å². The first-order valence-corrected chi connectivity index (χ1v) is 11.9. The number of fused-ring (bicyclic) bond motifs is 3. The summed E-state index contributed by atoms with van der Waals surface area (Å²) in [5.41, 5.74) is 3.58. The number of nitrogens with zero attached hydrogens (tertiary/aromatic N) is 2. The molecule has 2 aromatic carbocycles. The van der Waals surface area contributed by atoms with Gasteiger partial charge in [-0.2, -0.15) is 0 Å². The first-order valence-electron chi connectivity index (χ1n) is 11.9. The van der Waals surface area contributed by atoms with Crippen LogP contribution in [0.5, 0.6) is 0 Å². The summed E-state index contributed by atoms with van der Waals surface area (Å²) >= 11 is 0. The van der Waals surface area contributed by atoms with E-state index in [-0.39, 0.29) is 12.5 Å². The Morgan fingerprint density at radius 2 is 1.43 bits per heavy atom. The Labute approximate surface area is 208 Å². The van der Waals surface area contributed by atoms with E-state index in [2.05, 4.69) is 24.0 Å². The van der Waals surface area contributed by atoms with E-state index in [9.17, 15) is 14.7 Å². The molecule has 0 unspecified atom stereocenters. The number of amides is 1. The molecule has 1 amide bonds. The van der Waals surface area contributed by atoms with Crippen LogP contribution in [0.1, 0.15) is 17.0 Å². The minimum atomic E-state index is -1.19. The number of hydrogen-bond acceptors (Lipinski definition) is 3. The van der Waals surface area contributed by atoms with Gasteiger partial charge >= 0.3 is 12.1 Å². The zero-order chi connectivity index (χ0) is 26.0. The summed E-state index contributed by atoms with van der Waals surface area (Å²) in [6.07, 6.45) is 0.941. The maximum absolute atomic E-state index is 13.0. The predicted octanol–water partition coefficient (Wildman–Crippen LogP) is 3.56. The minimum absolute atomic E-state index is 0.0990. The Hall–Kier alpha value is -3.16. The standard InChI is InChI=1S/C28H37N3O4/c1-8-28(18-30(2,3)4,19-31(5,6)7)25(26(32)33)29-27(34)35-17-24-22-15-11-9-13-20(22)21-14-10-12-16-23(21)24/h8-16,24-25H,1,17-19H2,2-7H3/p+2/t25-/m1/s1. The van der Waals surface area contributed by atoms with Crippen molar-refractivity contribution in [2.45, 2.75) is 12.0 Å². The molecule has 0 saturated heterocycles. The highest BCUT2D eigenvalue weighted by atomic mass is 16.5. The molecule has 0 bridgehead atoms. The van der Waals surface area contributed by atoms with Crippen LogP contribution in [0.2, 0.25) is 0 Å². The molecule has 3 rings (SSSR count). The Morgan fingerprint density at radius 3 is 1.83 bits per heavy atom. The van der Waals surface area contributed by atoms with E-state index in [0.717, 1.165) is 22.3 Å². The number of hydrogen-bond donors (Lipinski definition) is 2. The monoisotopic (exact) mass is 481 g/mol. The lowest BCUT2D eigenvalue weighted by Gasteiger charge is -2.43. The van der Waals surface area contributed by atoms with Gasteiger partial charge in [-0.3, -0.25) is 0 Å². The second-order valence-electron chi connectivity index (χ2n) is 11.6. The van der Waals surface area contributed by atoms with Crippen molar-refractivity contribution in [1.29, 1.82) is 0 Å². The molecule has 0 fully saturated rings. The molecule has 0 radical (unpaired) electrons. The molecule has 2 aromatic rings. The average molecular weight is 482 g/mol. The SMILES string of the molecule is C=CC(C[N+](C)(C)C)(C[N+](C)(C)C)[C@H](NC(=O)OCC1c2ccccc2-c2ccccc21)C(=O)O. The third kappa shape index (κ3) is 6.10. The van der Waals surface area contributed by atoms with Crippen molar-refractivity contribution in [1.82, 2.24) is 5.32 Å². The van der Waals surface area contributed by atoms with Gasteiger partial charge in [-0.25, -0.2) is 9.59 Å². The molecule has 35 heavy (non-hydrogen) atoms. The van der Waals surface area contributed by atoms with Crippen molar-refractivity contribution in [2.75, 3.05) is 62.0 Å². The fourth-order valence-electron chi connectivity index (χ4n) is 5.46. The van der Waals surface area contributed by atoms with Crippen molar-refractivity contribution in [3.05, 3.63) is 72.3 Å². The molecule has 2 N–H and O–H groups in total. The molecule has 0 spiro atoms. The van der Waals surface area contributed by atoms with E-state index in [4.69, 9.17) is 4.74 Å². The maximum atomic E-state index is 13.0. The van der Waals surface area contributed by atoms with Crippen molar-refractivity contribution >= 4 is 12.1 Å². The fourth-order valence-corrected chi connectivity index (χ4v) is 5.46. The number of nitrogens with one attached hydrogen (secondary N) is 1. The maximum Gasteiger partial charge on any atom is 0.407 e. The largest absolute Gasteiger partial charge is 0.480 e. The molecule has 0 aliphatic heterocycles. The third-order valence-electron chi connectivity index (χ3n) is 6.37. The van der Waals surface area contributed by atoms with Gasteiger partial charge in [0.15, 0.2) is 0 Å². The molecule has 1 atom stereocenters. The molecule has 188 valence electrons. The summed E-state index contributed by atoms with van der Waals surface area (Å²) in [5.74, 6) is -1.21. The Balaban J connectivity index is 1.82. The second kappa shape index (κ2) is 9.84. The van der Waals surface area contributed by atoms with E-state index in [1.54, 1.807) is 6.08 Å².